The number of rotatable bonds is 3. The van der Waals surface area contributed by atoms with Crippen LogP contribution in [0.25, 0.3) is 0 Å². The maximum absolute atomic E-state index is 13.1. The maximum Gasteiger partial charge on any atom is 0.270 e. The van der Waals surface area contributed by atoms with Crippen molar-refractivity contribution in [3.8, 4) is 11.5 Å². The van der Waals surface area contributed by atoms with E-state index in [1.807, 2.05) is 22.6 Å². The summed E-state index contributed by atoms with van der Waals surface area (Å²) in [4.78, 5) is 10.1. The summed E-state index contributed by atoms with van der Waals surface area (Å²) in [6, 6.07) is 8.29. The number of ether oxygens (including phenoxy) is 1. The molecule has 7 heteroatoms. The Kier molecular flexibility index (Phi) is 4.35. The predicted octanol–water partition coefficient (Wildman–Crippen LogP) is 4.89. The highest BCUT2D eigenvalue weighted by Gasteiger charge is 2.12. The monoisotopic (exact) mass is 437 g/mol. The Balaban J connectivity index is 2.33. The van der Waals surface area contributed by atoms with Gasteiger partial charge in [0.25, 0.3) is 5.69 Å². The molecule has 0 aliphatic carbocycles. The van der Waals surface area contributed by atoms with E-state index in [4.69, 9.17) is 4.74 Å². The summed E-state index contributed by atoms with van der Waals surface area (Å²) < 4.78 is 19.8. The van der Waals surface area contributed by atoms with Crippen molar-refractivity contribution in [1.29, 1.82) is 0 Å². The number of nitrogens with zero attached hydrogens (tertiary/aromatic N) is 1. The molecule has 0 N–H and O–H groups in total. The third-order valence-electron chi connectivity index (χ3n) is 2.24. The van der Waals surface area contributed by atoms with Crippen LogP contribution in [0.5, 0.6) is 11.5 Å². The van der Waals surface area contributed by atoms with Gasteiger partial charge in [-0.1, -0.05) is 0 Å². The van der Waals surface area contributed by atoms with E-state index < -0.39 is 10.7 Å². The Bertz CT molecular complexity index is 651. The molecule has 98 valence electrons. The first-order chi connectivity index (χ1) is 8.97. The summed E-state index contributed by atoms with van der Waals surface area (Å²) in [5, 5.41) is 10.6. The van der Waals surface area contributed by atoms with Crippen LogP contribution in [0.3, 0.4) is 0 Å². The van der Waals surface area contributed by atoms with Gasteiger partial charge in [0.05, 0.1) is 13.0 Å². The molecule has 2 aromatic carbocycles. The zero-order valence-electron chi connectivity index (χ0n) is 9.27. The smallest absolute Gasteiger partial charge is 0.270 e. The first-order valence-electron chi connectivity index (χ1n) is 5.04. The third-order valence-corrected chi connectivity index (χ3v) is 3.74. The van der Waals surface area contributed by atoms with Gasteiger partial charge in [-0.05, 0) is 56.7 Å². The van der Waals surface area contributed by atoms with Crippen LogP contribution in [0.1, 0.15) is 0 Å². The Labute approximate surface area is 130 Å². The van der Waals surface area contributed by atoms with Gasteiger partial charge in [0.1, 0.15) is 17.3 Å². The Morgan fingerprint density at radius 1 is 1.21 bits per heavy atom. The average Bonchev–Trinajstić information content (AvgIpc) is 2.36. The topological polar surface area (TPSA) is 52.4 Å². The minimum absolute atomic E-state index is 0.0185. The predicted molar refractivity (Wildman–Crippen MR) is 80.0 cm³/mol. The normalized spacial score (nSPS) is 10.3. The molecule has 0 heterocycles. The van der Waals surface area contributed by atoms with Gasteiger partial charge in [0.15, 0.2) is 0 Å². The molecule has 0 aromatic heterocycles. The second-order valence-corrected chi connectivity index (χ2v) is 5.57. The van der Waals surface area contributed by atoms with E-state index in [0.29, 0.717) is 19.5 Å². The summed E-state index contributed by atoms with van der Waals surface area (Å²) in [7, 11) is 0. The first-order valence-corrected chi connectivity index (χ1v) is 6.91. The fraction of sp³-hybridized carbons (Fsp3) is 0. The summed E-state index contributed by atoms with van der Waals surface area (Å²) in [5.74, 6) is 0.319. The minimum atomic E-state index is -0.482. The number of nitro benzene ring substituents is 1. The van der Waals surface area contributed by atoms with Gasteiger partial charge in [-0.2, -0.15) is 0 Å². The van der Waals surface area contributed by atoms with Crippen molar-refractivity contribution in [2.75, 3.05) is 0 Å². The summed E-state index contributed by atoms with van der Waals surface area (Å²) in [5.41, 5.74) is -0.0185. The molecule has 2 rings (SSSR count). The lowest BCUT2D eigenvalue weighted by Gasteiger charge is -2.09. The van der Waals surface area contributed by atoms with Crippen LogP contribution < -0.4 is 4.74 Å². The molecular weight excluding hydrogens is 432 g/mol. The van der Waals surface area contributed by atoms with E-state index >= 15 is 0 Å². The van der Waals surface area contributed by atoms with E-state index in [9.17, 15) is 14.5 Å². The van der Waals surface area contributed by atoms with Crippen molar-refractivity contribution in [2.24, 2.45) is 0 Å². The van der Waals surface area contributed by atoms with E-state index in [0.717, 1.165) is 0 Å². The van der Waals surface area contributed by atoms with Crippen molar-refractivity contribution in [2.45, 2.75) is 0 Å². The van der Waals surface area contributed by atoms with E-state index in [-0.39, 0.29) is 5.69 Å². The summed E-state index contributed by atoms with van der Waals surface area (Å²) >= 11 is 5.18. The SMILES string of the molecule is O=[N+]([O-])c1ccc(Oc2cc(F)ccc2Br)c(I)c1. The molecule has 19 heavy (non-hydrogen) atoms. The standard InChI is InChI=1S/C12H6BrFINO3/c13-9-3-1-7(14)5-12(9)19-11-4-2-8(16(17)18)6-10(11)15/h1-6H. The molecule has 0 saturated heterocycles. The first kappa shape index (κ1) is 14.2. The lowest BCUT2D eigenvalue weighted by molar-refractivity contribution is -0.385. The Morgan fingerprint density at radius 2 is 1.95 bits per heavy atom. The zero-order chi connectivity index (χ0) is 14.0. The molecule has 0 unspecified atom stereocenters. The third kappa shape index (κ3) is 3.41. The van der Waals surface area contributed by atoms with Gasteiger partial charge in [0, 0.05) is 18.2 Å². The lowest BCUT2D eigenvalue weighted by atomic mass is 10.3. The van der Waals surface area contributed by atoms with Gasteiger partial charge >= 0.3 is 0 Å². The Morgan fingerprint density at radius 3 is 2.58 bits per heavy atom. The van der Waals surface area contributed by atoms with Gasteiger partial charge in [-0.25, -0.2) is 4.39 Å². The van der Waals surface area contributed by atoms with Crippen LogP contribution in [0.2, 0.25) is 0 Å². The van der Waals surface area contributed by atoms with Gasteiger partial charge in [-0.15, -0.1) is 0 Å². The van der Waals surface area contributed by atoms with E-state index in [1.54, 1.807) is 0 Å². The quantitative estimate of drug-likeness (QED) is 0.390. The Hall–Kier alpha value is -1.22. The second-order valence-electron chi connectivity index (χ2n) is 3.55. The van der Waals surface area contributed by atoms with Crippen LogP contribution >= 0.6 is 38.5 Å². The van der Waals surface area contributed by atoms with E-state index in [2.05, 4.69) is 15.9 Å². The molecular formula is C12H6BrFINO3. The fourth-order valence-corrected chi connectivity index (χ4v) is 2.30. The molecule has 0 radical (unpaired) electrons. The average molecular weight is 438 g/mol. The van der Waals surface area contributed by atoms with Crippen LogP contribution in [-0.2, 0) is 0 Å². The molecule has 0 amide bonds. The number of hydrogen-bond donors (Lipinski definition) is 0. The van der Waals surface area contributed by atoms with Crippen molar-refractivity contribution < 1.29 is 14.1 Å². The van der Waals surface area contributed by atoms with Gasteiger partial charge < -0.3 is 4.74 Å². The second kappa shape index (κ2) is 5.83. The van der Waals surface area contributed by atoms with Crippen LogP contribution in [-0.4, -0.2) is 4.92 Å². The molecule has 0 saturated carbocycles. The van der Waals surface area contributed by atoms with Gasteiger partial charge in [-0.3, -0.25) is 10.1 Å². The summed E-state index contributed by atoms with van der Waals surface area (Å²) in [6.07, 6.45) is 0. The maximum atomic E-state index is 13.1. The number of halogens is 3. The number of nitro groups is 1. The lowest BCUT2D eigenvalue weighted by Crippen LogP contribution is -1.92. The highest BCUT2D eigenvalue weighted by molar-refractivity contribution is 14.1. The van der Waals surface area contributed by atoms with Crippen LogP contribution in [0.4, 0.5) is 10.1 Å². The van der Waals surface area contributed by atoms with Crippen molar-refractivity contribution in [1.82, 2.24) is 0 Å². The number of benzene rings is 2. The zero-order valence-corrected chi connectivity index (χ0v) is 13.0. The molecule has 2 aromatic rings. The number of non-ortho nitro benzene ring substituents is 1. The van der Waals surface area contributed by atoms with Crippen molar-refractivity contribution in [3.05, 3.63) is 60.4 Å². The molecule has 4 nitrogen and oxygen atoms in total. The highest BCUT2D eigenvalue weighted by Crippen LogP contribution is 2.34. The van der Waals surface area contributed by atoms with E-state index in [1.165, 1.54) is 36.4 Å². The van der Waals surface area contributed by atoms with Crippen molar-refractivity contribution >= 4 is 44.2 Å². The summed E-state index contributed by atoms with van der Waals surface area (Å²) in [6.45, 7) is 0. The fourth-order valence-electron chi connectivity index (χ4n) is 1.36. The molecule has 0 aliphatic heterocycles. The minimum Gasteiger partial charge on any atom is -0.455 e. The van der Waals surface area contributed by atoms with Crippen molar-refractivity contribution in [3.63, 3.8) is 0 Å². The largest absolute Gasteiger partial charge is 0.455 e. The molecule has 0 spiro atoms. The van der Waals surface area contributed by atoms with Gasteiger partial charge in [0.2, 0.25) is 0 Å². The highest BCUT2D eigenvalue weighted by atomic mass is 127. The van der Waals surface area contributed by atoms with Crippen LogP contribution in [0, 0.1) is 19.5 Å². The van der Waals surface area contributed by atoms with Crippen LogP contribution in [0.15, 0.2) is 40.9 Å². The molecule has 0 aliphatic rings. The molecule has 0 bridgehead atoms. The molecule has 0 atom stereocenters. The number of hydrogen-bond acceptors (Lipinski definition) is 3. The molecule has 0 fully saturated rings.